The van der Waals surface area contributed by atoms with E-state index in [0.717, 1.165) is 24.6 Å². The summed E-state index contributed by atoms with van der Waals surface area (Å²) in [5, 5.41) is 3.83. The Kier molecular flexibility index (Phi) is 4.84. The molecule has 1 heterocycles. The van der Waals surface area contributed by atoms with Crippen LogP contribution in [-0.4, -0.2) is 9.97 Å². The predicted octanol–water partition coefficient (Wildman–Crippen LogP) is 4.60. The Morgan fingerprint density at radius 2 is 1.76 bits per heavy atom. The SMILES string of the molecule is CCc1ccccc1CNc1cc(Cl)nc(C(C)(C)C)n1. The van der Waals surface area contributed by atoms with Crippen molar-refractivity contribution in [2.24, 2.45) is 0 Å². The maximum absolute atomic E-state index is 6.11. The van der Waals surface area contributed by atoms with E-state index in [0.29, 0.717) is 5.15 Å². The number of rotatable bonds is 4. The Morgan fingerprint density at radius 3 is 2.38 bits per heavy atom. The highest BCUT2D eigenvalue weighted by atomic mass is 35.5. The first-order valence-corrected chi connectivity index (χ1v) is 7.63. The number of halogens is 1. The van der Waals surface area contributed by atoms with Gasteiger partial charge in [-0.15, -0.1) is 0 Å². The third-order valence-electron chi connectivity index (χ3n) is 3.32. The number of nitrogens with zero attached hydrogens (tertiary/aromatic N) is 2. The zero-order valence-electron chi connectivity index (χ0n) is 13.1. The minimum atomic E-state index is -0.122. The van der Waals surface area contributed by atoms with Crippen molar-refractivity contribution < 1.29 is 0 Å². The molecule has 0 amide bonds. The van der Waals surface area contributed by atoms with Gasteiger partial charge in [-0.25, -0.2) is 9.97 Å². The molecule has 0 radical (unpaired) electrons. The Morgan fingerprint density at radius 1 is 1.10 bits per heavy atom. The van der Waals surface area contributed by atoms with Crippen molar-refractivity contribution in [1.29, 1.82) is 0 Å². The highest BCUT2D eigenvalue weighted by molar-refractivity contribution is 6.29. The van der Waals surface area contributed by atoms with Gasteiger partial charge in [-0.2, -0.15) is 0 Å². The number of benzene rings is 1. The number of aryl methyl sites for hydroxylation is 1. The number of anilines is 1. The third kappa shape index (κ3) is 4.18. The van der Waals surface area contributed by atoms with E-state index >= 15 is 0 Å². The van der Waals surface area contributed by atoms with Crippen LogP contribution in [-0.2, 0) is 18.4 Å². The van der Waals surface area contributed by atoms with Crippen LogP contribution in [0.1, 0.15) is 44.6 Å². The molecule has 0 atom stereocenters. The molecule has 1 aromatic carbocycles. The maximum atomic E-state index is 6.11. The molecule has 0 aliphatic carbocycles. The van der Waals surface area contributed by atoms with E-state index in [4.69, 9.17) is 11.6 Å². The number of aromatic nitrogens is 2. The number of nitrogens with one attached hydrogen (secondary N) is 1. The molecule has 0 aliphatic heterocycles. The second kappa shape index (κ2) is 6.44. The highest BCUT2D eigenvalue weighted by Crippen LogP contribution is 2.22. The zero-order chi connectivity index (χ0) is 15.5. The van der Waals surface area contributed by atoms with Crippen LogP contribution in [0.5, 0.6) is 0 Å². The molecule has 2 aromatic rings. The van der Waals surface area contributed by atoms with Crippen LogP contribution in [0.15, 0.2) is 30.3 Å². The summed E-state index contributed by atoms with van der Waals surface area (Å²) in [6.07, 6.45) is 1.02. The molecule has 0 saturated heterocycles. The van der Waals surface area contributed by atoms with Crippen molar-refractivity contribution in [2.75, 3.05) is 5.32 Å². The van der Waals surface area contributed by atoms with E-state index in [9.17, 15) is 0 Å². The summed E-state index contributed by atoms with van der Waals surface area (Å²) >= 11 is 6.11. The molecular formula is C17H22ClN3. The molecule has 0 unspecified atom stereocenters. The van der Waals surface area contributed by atoms with E-state index in [1.807, 2.05) is 0 Å². The van der Waals surface area contributed by atoms with Gasteiger partial charge in [0.1, 0.15) is 16.8 Å². The van der Waals surface area contributed by atoms with E-state index < -0.39 is 0 Å². The predicted molar refractivity (Wildman–Crippen MR) is 88.9 cm³/mol. The fraction of sp³-hybridized carbons (Fsp3) is 0.412. The lowest BCUT2D eigenvalue weighted by Crippen LogP contribution is -2.17. The Hall–Kier alpha value is -1.61. The summed E-state index contributed by atoms with van der Waals surface area (Å²) < 4.78 is 0. The van der Waals surface area contributed by atoms with Crippen LogP contribution < -0.4 is 5.32 Å². The maximum Gasteiger partial charge on any atom is 0.137 e. The van der Waals surface area contributed by atoms with Crippen molar-refractivity contribution in [3.63, 3.8) is 0 Å². The Bertz CT molecular complexity index is 618. The molecule has 1 N–H and O–H groups in total. The summed E-state index contributed by atoms with van der Waals surface area (Å²) in [6, 6.07) is 10.2. The van der Waals surface area contributed by atoms with Gasteiger partial charge in [0, 0.05) is 18.0 Å². The molecule has 3 nitrogen and oxygen atoms in total. The van der Waals surface area contributed by atoms with Gasteiger partial charge in [-0.3, -0.25) is 0 Å². The van der Waals surface area contributed by atoms with Crippen LogP contribution in [0.25, 0.3) is 0 Å². The molecule has 21 heavy (non-hydrogen) atoms. The van der Waals surface area contributed by atoms with E-state index in [1.54, 1.807) is 6.07 Å². The van der Waals surface area contributed by atoms with Crippen molar-refractivity contribution in [3.05, 3.63) is 52.4 Å². The lowest BCUT2D eigenvalue weighted by Gasteiger charge is -2.18. The van der Waals surface area contributed by atoms with Crippen LogP contribution in [0, 0.1) is 0 Å². The van der Waals surface area contributed by atoms with E-state index in [-0.39, 0.29) is 5.41 Å². The minimum Gasteiger partial charge on any atom is -0.366 e. The van der Waals surface area contributed by atoms with Crippen molar-refractivity contribution >= 4 is 17.4 Å². The van der Waals surface area contributed by atoms with Gasteiger partial charge in [0.2, 0.25) is 0 Å². The first-order chi connectivity index (χ1) is 9.90. The van der Waals surface area contributed by atoms with E-state index in [1.165, 1.54) is 11.1 Å². The van der Waals surface area contributed by atoms with Gasteiger partial charge in [-0.1, -0.05) is 63.6 Å². The smallest absolute Gasteiger partial charge is 0.137 e. The molecule has 2 rings (SSSR count). The van der Waals surface area contributed by atoms with E-state index in [2.05, 4.69) is 67.2 Å². The first-order valence-electron chi connectivity index (χ1n) is 7.26. The van der Waals surface area contributed by atoms with Crippen molar-refractivity contribution in [3.8, 4) is 0 Å². The van der Waals surface area contributed by atoms with Gasteiger partial charge < -0.3 is 5.32 Å². The molecule has 4 heteroatoms. The molecule has 112 valence electrons. The largest absolute Gasteiger partial charge is 0.366 e. The van der Waals surface area contributed by atoms with Crippen LogP contribution in [0.4, 0.5) is 5.82 Å². The first kappa shape index (κ1) is 15.8. The normalized spacial score (nSPS) is 11.5. The van der Waals surface area contributed by atoms with Gasteiger partial charge >= 0.3 is 0 Å². The van der Waals surface area contributed by atoms with Crippen LogP contribution >= 0.6 is 11.6 Å². The Labute approximate surface area is 131 Å². The number of hydrogen-bond donors (Lipinski definition) is 1. The van der Waals surface area contributed by atoms with Crippen LogP contribution in [0.3, 0.4) is 0 Å². The second-order valence-corrected chi connectivity index (χ2v) is 6.51. The van der Waals surface area contributed by atoms with Crippen LogP contribution in [0.2, 0.25) is 5.15 Å². The summed E-state index contributed by atoms with van der Waals surface area (Å²) in [6.45, 7) is 9.14. The third-order valence-corrected chi connectivity index (χ3v) is 3.52. The van der Waals surface area contributed by atoms with Gasteiger partial charge in [0.15, 0.2) is 0 Å². The average Bonchev–Trinajstić information content (AvgIpc) is 2.44. The molecule has 0 aliphatic rings. The quantitative estimate of drug-likeness (QED) is 0.839. The van der Waals surface area contributed by atoms with Gasteiger partial charge in [0.25, 0.3) is 0 Å². The van der Waals surface area contributed by atoms with Crippen molar-refractivity contribution in [2.45, 2.75) is 46.1 Å². The Balaban J connectivity index is 2.19. The topological polar surface area (TPSA) is 37.8 Å². The second-order valence-electron chi connectivity index (χ2n) is 6.13. The summed E-state index contributed by atoms with van der Waals surface area (Å²) in [7, 11) is 0. The number of hydrogen-bond acceptors (Lipinski definition) is 3. The molecule has 0 bridgehead atoms. The fourth-order valence-corrected chi connectivity index (χ4v) is 2.29. The summed E-state index contributed by atoms with van der Waals surface area (Å²) in [5.74, 6) is 1.52. The highest BCUT2D eigenvalue weighted by Gasteiger charge is 2.18. The lowest BCUT2D eigenvalue weighted by molar-refractivity contribution is 0.546. The average molecular weight is 304 g/mol. The lowest BCUT2D eigenvalue weighted by atomic mass is 9.96. The molecular weight excluding hydrogens is 282 g/mol. The summed E-state index contributed by atoms with van der Waals surface area (Å²) in [5.41, 5.74) is 2.51. The molecule has 0 spiro atoms. The zero-order valence-corrected chi connectivity index (χ0v) is 13.8. The molecule has 1 aromatic heterocycles. The van der Waals surface area contributed by atoms with Gasteiger partial charge in [0.05, 0.1) is 0 Å². The monoisotopic (exact) mass is 303 g/mol. The fourth-order valence-electron chi connectivity index (χ4n) is 2.10. The minimum absolute atomic E-state index is 0.122. The molecule has 0 fully saturated rings. The molecule has 0 saturated carbocycles. The van der Waals surface area contributed by atoms with Gasteiger partial charge in [-0.05, 0) is 17.5 Å². The van der Waals surface area contributed by atoms with Crippen molar-refractivity contribution in [1.82, 2.24) is 9.97 Å². The standard InChI is InChI=1S/C17H22ClN3/c1-5-12-8-6-7-9-13(12)11-19-15-10-14(18)20-16(21-15)17(2,3)4/h6-10H,5,11H2,1-4H3,(H,19,20,21). The summed E-state index contributed by atoms with van der Waals surface area (Å²) in [4.78, 5) is 8.88.